The van der Waals surface area contributed by atoms with E-state index in [1.807, 2.05) is 0 Å². The van der Waals surface area contributed by atoms with Gasteiger partial charge in [-0.25, -0.2) is 110 Å². The molecule has 0 radical (unpaired) electrons. The predicted molar refractivity (Wildman–Crippen MR) is 154 cm³/mol. The van der Waals surface area contributed by atoms with Crippen molar-refractivity contribution in [1.29, 1.82) is 0 Å². The largest absolute Gasteiger partial charge is 0.507 e. The van der Waals surface area contributed by atoms with E-state index in [0.29, 0.717) is 0 Å². The number of halogens is 25. The molecule has 0 atom stereocenters. The highest BCUT2D eigenvalue weighted by Crippen LogP contribution is 2.60. The molecule has 0 aliphatic carbocycles. The molecule has 0 unspecified atom stereocenters. The molecule has 0 fully saturated rings. The highest BCUT2D eigenvalue weighted by atomic mass is 19.2. The quantitative estimate of drug-likeness (QED) is 0.104. The summed E-state index contributed by atoms with van der Waals surface area (Å²) in [7, 11) is 0. The zero-order valence-electron chi connectivity index (χ0n) is 27.9. The number of hydrogen-bond donors (Lipinski definition) is 1. The minimum absolute atomic E-state index is 3.23. The van der Waals surface area contributed by atoms with Gasteiger partial charge in [-0.1, -0.05) is 0 Å². The van der Waals surface area contributed by atoms with Crippen molar-refractivity contribution in [1.82, 2.24) is 0 Å². The molecule has 0 aliphatic heterocycles. The second-order valence-corrected chi connectivity index (χ2v) is 11.9. The zero-order valence-corrected chi connectivity index (χ0v) is 27.9. The third-order valence-corrected chi connectivity index (χ3v) is 8.77. The average Bonchev–Trinajstić information content (AvgIpc) is 3.24. The van der Waals surface area contributed by atoms with E-state index in [9.17, 15) is 71.0 Å². The molecule has 0 aromatic heterocycles. The molecule has 0 amide bonds. The lowest BCUT2D eigenvalue weighted by molar-refractivity contribution is 0.378. The summed E-state index contributed by atoms with van der Waals surface area (Å²) < 4.78 is 378. The minimum Gasteiger partial charge on any atom is -0.507 e. The van der Waals surface area contributed by atoms with Gasteiger partial charge >= 0.3 is 0 Å². The first-order valence-electron chi connectivity index (χ1n) is 15.2. The topological polar surface area (TPSA) is 20.2 Å². The van der Waals surface area contributed by atoms with Crippen molar-refractivity contribution in [3.8, 4) is 61.4 Å². The van der Waals surface area contributed by atoms with Crippen molar-refractivity contribution in [3.63, 3.8) is 0 Å². The Morgan fingerprint density at radius 1 is 0.129 bits per heavy atom. The Balaban J connectivity index is 2.27. The van der Waals surface area contributed by atoms with Crippen LogP contribution in [0.1, 0.15) is 0 Å². The molecule has 1 nitrogen and oxygen atoms in total. The predicted octanol–water partition coefficient (Wildman–Crippen LogP) is 13.2. The second-order valence-electron chi connectivity index (χ2n) is 11.9. The van der Waals surface area contributed by atoms with Crippen molar-refractivity contribution >= 4 is 0 Å². The molecule has 0 saturated heterocycles. The minimum atomic E-state index is -3.66. The van der Waals surface area contributed by atoms with Gasteiger partial charge in [0.15, 0.2) is 116 Å². The summed E-state index contributed by atoms with van der Waals surface area (Å²) in [5, 5.41) is 11.5. The summed E-state index contributed by atoms with van der Waals surface area (Å²) in [4.78, 5) is 0. The van der Waals surface area contributed by atoms with E-state index in [1.165, 1.54) is 0 Å². The van der Waals surface area contributed by atoms with Crippen LogP contribution in [0.15, 0.2) is 0 Å². The van der Waals surface area contributed by atoms with Gasteiger partial charge in [0.1, 0.15) is 5.75 Å². The van der Waals surface area contributed by atoms with Crippen LogP contribution in [0, 0.1) is 145 Å². The van der Waals surface area contributed by atoms with Gasteiger partial charge in [-0.15, -0.1) is 0 Å². The summed E-state index contributed by atoms with van der Waals surface area (Å²) in [5.41, 5.74) is -33.0. The number of phenols is 1. The Morgan fingerprint density at radius 2 is 0.226 bits per heavy atom. The van der Waals surface area contributed by atoms with Crippen LogP contribution in [0.2, 0.25) is 0 Å². The van der Waals surface area contributed by atoms with Gasteiger partial charge in [-0.2, -0.15) is 0 Å². The summed E-state index contributed by atoms with van der Waals surface area (Å²) in [6.07, 6.45) is 0. The Kier molecular flexibility index (Phi) is 10.9. The highest BCUT2D eigenvalue weighted by molar-refractivity contribution is 6.11. The number of phenolic OH excluding ortho intramolecular Hbond substituents is 1. The Morgan fingerprint density at radius 3 is 0.371 bits per heavy atom. The monoisotopic (exact) mass is 924 g/mol. The first-order valence-corrected chi connectivity index (χ1v) is 15.2. The normalized spacial score (nSPS) is 11.7. The third-order valence-electron chi connectivity index (χ3n) is 8.77. The van der Waals surface area contributed by atoms with E-state index in [1.54, 1.807) is 0 Å². The van der Waals surface area contributed by atoms with Gasteiger partial charge in [0, 0.05) is 27.8 Å². The van der Waals surface area contributed by atoms with E-state index in [-0.39, 0.29) is 0 Å². The van der Waals surface area contributed by atoms with Crippen molar-refractivity contribution in [2.24, 2.45) is 0 Å². The Bertz CT molecular complexity index is 2720. The molecule has 6 aromatic rings. The number of hydrogen-bond acceptors (Lipinski definition) is 1. The Labute approximate surface area is 322 Å². The van der Waals surface area contributed by atoms with E-state index in [4.69, 9.17) is 0 Å². The van der Waals surface area contributed by atoms with Gasteiger partial charge in [0.25, 0.3) is 0 Å². The van der Waals surface area contributed by atoms with Gasteiger partial charge in [0.2, 0.25) is 29.1 Å². The van der Waals surface area contributed by atoms with Crippen LogP contribution < -0.4 is 0 Å². The maximum absolute atomic E-state index is 16.0. The molecule has 0 spiro atoms. The van der Waals surface area contributed by atoms with Crippen LogP contribution >= 0.6 is 0 Å². The number of benzene rings is 6. The number of rotatable bonds is 5. The van der Waals surface area contributed by atoms with Gasteiger partial charge in [0.05, 0.1) is 27.8 Å². The molecule has 0 saturated carbocycles. The van der Waals surface area contributed by atoms with Crippen molar-refractivity contribution in [2.75, 3.05) is 0 Å². The average molecular weight is 924 g/mol. The van der Waals surface area contributed by atoms with Gasteiger partial charge in [-0.05, 0) is 0 Å². The lowest BCUT2D eigenvalue weighted by atomic mass is 9.76. The van der Waals surface area contributed by atoms with Crippen LogP contribution in [-0.4, -0.2) is 5.11 Å². The van der Waals surface area contributed by atoms with Gasteiger partial charge < -0.3 is 5.11 Å². The fourth-order valence-electron chi connectivity index (χ4n) is 6.10. The molecule has 26 heteroatoms. The van der Waals surface area contributed by atoms with Crippen LogP contribution in [0.5, 0.6) is 5.75 Å². The van der Waals surface area contributed by atoms with Crippen molar-refractivity contribution in [3.05, 3.63) is 145 Å². The molecular formula is C36HF25O. The third kappa shape index (κ3) is 5.91. The summed E-state index contributed by atoms with van der Waals surface area (Å²) >= 11 is 0. The molecule has 0 heterocycles. The lowest BCUT2D eigenvalue weighted by Crippen LogP contribution is -2.14. The maximum Gasteiger partial charge on any atom is 0.200 e. The van der Waals surface area contributed by atoms with E-state index < -0.39 is 207 Å². The van der Waals surface area contributed by atoms with Crippen LogP contribution in [0.4, 0.5) is 110 Å². The zero-order chi connectivity index (χ0) is 46.8. The molecule has 1 N–H and O–H groups in total. The van der Waals surface area contributed by atoms with E-state index in [2.05, 4.69) is 0 Å². The molecule has 326 valence electrons. The van der Waals surface area contributed by atoms with Crippen molar-refractivity contribution < 1.29 is 115 Å². The molecule has 62 heavy (non-hydrogen) atoms. The first-order chi connectivity index (χ1) is 28.7. The fraction of sp³-hybridized carbons (Fsp3) is 0. The number of aromatic hydroxyl groups is 1. The molecule has 6 aromatic carbocycles. The lowest BCUT2D eigenvalue weighted by Gasteiger charge is -2.28. The van der Waals surface area contributed by atoms with E-state index >= 15 is 43.9 Å². The fourth-order valence-corrected chi connectivity index (χ4v) is 6.10. The SMILES string of the molecule is Oc1c(-c2c(F)c(F)c(F)c(F)c2F)c(-c2c(F)c(F)c(F)c(F)c2F)c(-c2c(F)c(F)c(F)c(F)c2F)c(-c2c(F)c(F)c(F)c(F)c2F)c1-c1c(F)c(F)c(F)c(F)c1F. The first kappa shape index (κ1) is 44.9. The van der Waals surface area contributed by atoms with Gasteiger partial charge in [-0.3, -0.25) is 0 Å². The van der Waals surface area contributed by atoms with Crippen LogP contribution in [0.25, 0.3) is 55.6 Å². The highest BCUT2D eigenvalue weighted by Gasteiger charge is 2.44. The Hall–Kier alpha value is -6.63. The summed E-state index contributed by atoms with van der Waals surface area (Å²) in [6.45, 7) is 0. The van der Waals surface area contributed by atoms with Crippen LogP contribution in [-0.2, 0) is 0 Å². The molecular weight excluding hydrogens is 923 g/mol. The smallest absolute Gasteiger partial charge is 0.200 e. The van der Waals surface area contributed by atoms with E-state index in [0.717, 1.165) is 0 Å². The molecule has 0 aliphatic rings. The summed E-state index contributed by atoms with van der Waals surface area (Å²) in [5.74, 6) is -91.0. The second kappa shape index (κ2) is 15.1. The van der Waals surface area contributed by atoms with Crippen LogP contribution in [0.3, 0.4) is 0 Å². The maximum atomic E-state index is 16.0. The molecule has 0 bridgehead atoms. The standard InChI is InChI=1S/C36HF25O/c37-11-6(12(38)22(48)31(57)21(11)47)1-2(7-13(39)23(49)32(58)24(50)14(7)40)4(9-17(43)27(53)34(60)28(54)18(9)44)36(62)5(10-19(45)29(55)35(61)30(56)20(10)46)3(1)8-15(41)25(51)33(59)26(52)16(8)42/h62H. The summed E-state index contributed by atoms with van der Waals surface area (Å²) in [6, 6.07) is 0. The van der Waals surface area contributed by atoms with Crippen molar-refractivity contribution in [2.45, 2.75) is 0 Å². The molecule has 6 rings (SSSR count).